The predicted molar refractivity (Wildman–Crippen MR) is 84.2 cm³/mol. The number of rotatable bonds is 3. The van der Waals surface area contributed by atoms with Gasteiger partial charge in [0.2, 0.25) is 0 Å². The Labute approximate surface area is 129 Å². The first-order chi connectivity index (χ1) is 10.2. The summed E-state index contributed by atoms with van der Waals surface area (Å²) in [5.41, 5.74) is 0. The van der Waals surface area contributed by atoms with Gasteiger partial charge in [0.05, 0.1) is 5.92 Å². The summed E-state index contributed by atoms with van der Waals surface area (Å²) in [4.78, 5) is 14.2. The summed E-state index contributed by atoms with van der Waals surface area (Å²) in [5, 5.41) is 9.60. The first kappa shape index (κ1) is 15.3. The smallest absolute Gasteiger partial charge is 0.308 e. The molecule has 0 spiro atoms. The van der Waals surface area contributed by atoms with Gasteiger partial charge in [-0.05, 0) is 56.4 Å². The molecule has 0 aromatic carbocycles. The largest absolute Gasteiger partial charge is 0.481 e. The molecule has 0 aromatic rings. The van der Waals surface area contributed by atoms with E-state index in [1.165, 1.54) is 45.1 Å². The molecule has 0 amide bonds. The Morgan fingerprint density at radius 2 is 1.86 bits per heavy atom. The van der Waals surface area contributed by atoms with Crippen molar-refractivity contribution in [2.45, 2.75) is 70.8 Å². The Hall–Kier alpha value is -0.570. The summed E-state index contributed by atoms with van der Waals surface area (Å²) in [6.45, 7) is 4.58. The van der Waals surface area contributed by atoms with Gasteiger partial charge < -0.3 is 5.11 Å². The molecule has 5 unspecified atom stereocenters. The summed E-state index contributed by atoms with van der Waals surface area (Å²) in [5.74, 6) is 1.86. The second-order valence-electron chi connectivity index (χ2n) is 7.69. The average Bonchev–Trinajstić information content (AvgIpc) is 2.53. The van der Waals surface area contributed by atoms with E-state index >= 15 is 0 Å². The van der Waals surface area contributed by atoms with Crippen molar-refractivity contribution < 1.29 is 9.90 Å². The number of carboxylic acid groups (broad SMARTS) is 1. The fourth-order valence-electron chi connectivity index (χ4n) is 5.22. The molecule has 3 heteroatoms. The van der Waals surface area contributed by atoms with Gasteiger partial charge in [-0.25, -0.2) is 0 Å². The van der Waals surface area contributed by atoms with Gasteiger partial charge in [0.1, 0.15) is 0 Å². The molecule has 0 radical (unpaired) electrons. The maximum atomic E-state index is 11.7. The molecule has 0 bridgehead atoms. The Bertz CT molecular complexity index is 370. The molecule has 1 N–H and O–H groups in total. The molecule has 3 fully saturated rings. The summed E-state index contributed by atoms with van der Waals surface area (Å²) in [7, 11) is 0. The van der Waals surface area contributed by atoms with Gasteiger partial charge in [-0.15, -0.1) is 0 Å². The Morgan fingerprint density at radius 1 is 1.10 bits per heavy atom. The number of hydrogen-bond acceptors (Lipinski definition) is 2. The van der Waals surface area contributed by atoms with E-state index in [1.807, 2.05) is 0 Å². The van der Waals surface area contributed by atoms with Crippen LogP contribution in [0.1, 0.15) is 64.7 Å². The standard InChI is InChI=1S/C18H31NO2/c1-2-13-7-8-16(18(20)21)17(11-13)19-10-9-14-5-3-4-6-15(14)12-19/h13-17H,2-12H2,1H3,(H,20,21). The molecule has 1 aliphatic heterocycles. The highest BCUT2D eigenvalue weighted by Crippen LogP contribution is 2.40. The number of hydrogen-bond donors (Lipinski definition) is 1. The topological polar surface area (TPSA) is 40.5 Å². The minimum atomic E-state index is -0.555. The van der Waals surface area contributed by atoms with Crippen LogP contribution >= 0.6 is 0 Å². The van der Waals surface area contributed by atoms with Gasteiger partial charge in [-0.2, -0.15) is 0 Å². The highest BCUT2D eigenvalue weighted by atomic mass is 16.4. The number of aliphatic carboxylic acids is 1. The summed E-state index contributed by atoms with van der Waals surface area (Å²) < 4.78 is 0. The maximum Gasteiger partial charge on any atom is 0.308 e. The Kier molecular flexibility index (Phi) is 4.88. The van der Waals surface area contributed by atoms with E-state index in [1.54, 1.807) is 0 Å². The quantitative estimate of drug-likeness (QED) is 0.861. The van der Waals surface area contributed by atoms with Crippen LogP contribution in [0.3, 0.4) is 0 Å². The van der Waals surface area contributed by atoms with Crippen molar-refractivity contribution in [1.29, 1.82) is 0 Å². The van der Waals surface area contributed by atoms with Crippen LogP contribution in [0.2, 0.25) is 0 Å². The van der Waals surface area contributed by atoms with E-state index in [0.29, 0.717) is 6.04 Å². The second-order valence-corrected chi connectivity index (χ2v) is 7.69. The van der Waals surface area contributed by atoms with Crippen molar-refractivity contribution >= 4 is 5.97 Å². The number of nitrogens with zero attached hydrogens (tertiary/aromatic N) is 1. The molecule has 120 valence electrons. The maximum absolute atomic E-state index is 11.7. The van der Waals surface area contributed by atoms with Crippen LogP contribution in [0.4, 0.5) is 0 Å². The minimum absolute atomic E-state index is 0.118. The fourth-order valence-corrected chi connectivity index (χ4v) is 5.22. The van der Waals surface area contributed by atoms with Crippen LogP contribution in [0.25, 0.3) is 0 Å². The van der Waals surface area contributed by atoms with Crippen molar-refractivity contribution in [3.05, 3.63) is 0 Å². The second kappa shape index (κ2) is 6.68. The van der Waals surface area contributed by atoms with Crippen molar-refractivity contribution in [2.75, 3.05) is 13.1 Å². The SMILES string of the molecule is CCC1CCC(C(=O)O)C(N2CCC3CCCCC3C2)C1. The molecular weight excluding hydrogens is 262 g/mol. The van der Waals surface area contributed by atoms with E-state index in [2.05, 4.69) is 11.8 Å². The minimum Gasteiger partial charge on any atom is -0.481 e. The average molecular weight is 293 g/mol. The number of fused-ring (bicyclic) bond motifs is 1. The first-order valence-corrected chi connectivity index (χ1v) is 9.16. The van der Waals surface area contributed by atoms with Gasteiger partial charge >= 0.3 is 5.97 Å². The number of carbonyl (C=O) groups is 1. The highest BCUT2D eigenvalue weighted by molar-refractivity contribution is 5.71. The zero-order chi connectivity index (χ0) is 14.8. The van der Waals surface area contributed by atoms with Gasteiger partial charge in [0.15, 0.2) is 0 Å². The molecule has 3 aliphatic rings. The van der Waals surface area contributed by atoms with E-state index in [-0.39, 0.29) is 5.92 Å². The van der Waals surface area contributed by atoms with Crippen LogP contribution in [-0.4, -0.2) is 35.1 Å². The first-order valence-electron chi connectivity index (χ1n) is 9.16. The van der Waals surface area contributed by atoms with Gasteiger partial charge in [0.25, 0.3) is 0 Å². The van der Waals surface area contributed by atoms with E-state index in [4.69, 9.17) is 0 Å². The lowest BCUT2D eigenvalue weighted by Crippen LogP contribution is -2.52. The monoisotopic (exact) mass is 293 g/mol. The number of piperidine rings is 1. The van der Waals surface area contributed by atoms with Crippen molar-refractivity contribution in [3.8, 4) is 0 Å². The molecule has 5 atom stereocenters. The Balaban J connectivity index is 1.68. The lowest BCUT2D eigenvalue weighted by atomic mass is 9.72. The van der Waals surface area contributed by atoms with Crippen LogP contribution in [0.15, 0.2) is 0 Å². The summed E-state index contributed by atoms with van der Waals surface area (Å²) in [6.07, 6.45) is 11.2. The van der Waals surface area contributed by atoms with Crippen LogP contribution in [0, 0.1) is 23.7 Å². The van der Waals surface area contributed by atoms with Crippen LogP contribution in [0.5, 0.6) is 0 Å². The lowest BCUT2D eigenvalue weighted by molar-refractivity contribution is -0.147. The molecule has 2 saturated carbocycles. The van der Waals surface area contributed by atoms with Gasteiger partial charge in [-0.1, -0.05) is 32.6 Å². The molecule has 3 rings (SSSR count). The summed E-state index contributed by atoms with van der Waals surface area (Å²) >= 11 is 0. The van der Waals surface area contributed by atoms with E-state index in [9.17, 15) is 9.90 Å². The number of likely N-dealkylation sites (tertiary alicyclic amines) is 1. The summed E-state index contributed by atoms with van der Waals surface area (Å²) in [6, 6.07) is 0.309. The third-order valence-electron chi connectivity index (χ3n) is 6.61. The zero-order valence-corrected chi connectivity index (χ0v) is 13.5. The molecular formula is C18H31NO2. The molecule has 21 heavy (non-hydrogen) atoms. The lowest BCUT2D eigenvalue weighted by Gasteiger charge is -2.48. The molecule has 1 saturated heterocycles. The molecule has 3 nitrogen and oxygen atoms in total. The third kappa shape index (κ3) is 3.28. The highest BCUT2D eigenvalue weighted by Gasteiger charge is 2.41. The van der Waals surface area contributed by atoms with Crippen molar-refractivity contribution in [3.63, 3.8) is 0 Å². The Morgan fingerprint density at radius 3 is 2.57 bits per heavy atom. The van der Waals surface area contributed by atoms with Crippen LogP contribution < -0.4 is 0 Å². The predicted octanol–water partition coefficient (Wildman–Crippen LogP) is 3.78. The van der Waals surface area contributed by atoms with Gasteiger partial charge in [-0.3, -0.25) is 9.69 Å². The fraction of sp³-hybridized carbons (Fsp3) is 0.944. The van der Waals surface area contributed by atoms with Crippen molar-refractivity contribution in [1.82, 2.24) is 4.90 Å². The van der Waals surface area contributed by atoms with E-state index in [0.717, 1.165) is 43.6 Å². The van der Waals surface area contributed by atoms with Crippen molar-refractivity contribution in [2.24, 2.45) is 23.7 Å². The number of carboxylic acids is 1. The molecule has 1 heterocycles. The molecule has 2 aliphatic carbocycles. The van der Waals surface area contributed by atoms with E-state index < -0.39 is 5.97 Å². The normalized spacial score (nSPS) is 41.5. The molecule has 0 aromatic heterocycles. The van der Waals surface area contributed by atoms with Gasteiger partial charge in [0, 0.05) is 12.6 Å². The zero-order valence-electron chi connectivity index (χ0n) is 13.5. The third-order valence-corrected chi connectivity index (χ3v) is 6.61. The van der Waals surface area contributed by atoms with Crippen LogP contribution in [-0.2, 0) is 4.79 Å².